The van der Waals surface area contributed by atoms with Gasteiger partial charge in [-0.3, -0.25) is 0 Å². The van der Waals surface area contributed by atoms with E-state index in [1.54, 1.807) is 13.0 Å². The maximum Gasteiger partial charge on any atom is 0.132 e. The van der Waals surface area contributed by atoms with Crippen molar-refractivity contribution in [2.24, 2.45) is 0 Å². The van der Waals surface area contributed by atoms with Crippen LogP contribution in [0.1, 0.15) is 17.9 Å². The van der Waals surface area contributed by atoms with Gasteiger partial charge >= 0.3 is 0 Å². The molecule has 2 aromatic heterocycles. The van der Waals surface area contributed by atoms with Gasteiger partial charge in [-0.25, -0.2) is 4.98 Å². The molecule has 1 atom stereocenters. The topological polar surface area (TPSA) is 33.1 Å². The molecule has 14 heavy (non-hydrogen) atoms. The quantitative estimate of drug-likeness (QED) is 0.781. The second-order valence-electron chi connectivity index (χ2n) is 2.97. The molecule has 0 amide bonds. The van der Waals surface area contributed by atoms with E-state index in [1.807, 2.05) is 6.07 Å². The van der Waals surface area contributed by atoms with Crippen LogP contribution in [-0.2, 0) is 0 Å². The molecule has 0 aliphatic carbocycles. The van der Waals surface area contributed by atoms with Crippen LogP contribution >= 0.6 is 34.5 Å². The minimum Gasteiger partial charge on any atom is -0.388 e. The average molecular weight is 248 g/mol. The second-order valence-corrected chi connectivity index (χ2v) is 4.83. The fourth-order valence-corrected chi connectivity index (χ4v) is 2.77. The Bertz CT molecular complexity index is 481. The van der Waals surface area contributed by atoms with Crippen LogP contribution in [0, 0.1) is 0 Å². The molecule has 0 spiro atoms. The largest absolute Gasteiger partial charge is 0.388 e. The highest BCUT2D eigenvalue weighted by molar-refractivity contribution is 7.18. The number of rotatable bonds is 1. The number of aliphatic hydroxyl groups excluding tert-OH is 1. The van der Waals surface area contributed by atoms with Gasteiger partial charge in [0.2, 0.25) is 0 Å². The smallest absolute Gasteiger partial charge is 0.132 e. The third kappa shape index (κ3) is 1.73. The molecular formula is C9H7Cl2NOS. The molecule has 2 rings (SSSR count). The van der Waals surface area contributed by atoms with Crippen molar-refractivity contribution in [1.29, 1.82) is 0 Å². The van der Waals surface area contributed by atoms with Gasteiger partial charge in [0.15, 0.2) is 0 Å². The van der Waals surface area contributed by atoms with E-state index in [0.717, 1.165) is 15.1 Å². The lowest BCUT2D eigenvalue weighted by atomic mass is 10.3. The van der Waals surface area contributed by atoms with E-state index in [2.05, 4.69) is 4.98 Å². The van der Waals surface area contributed by atoms with Crippen LogP contribution in [0.25, 0.3) is 10.2 Å². The number of hydrogen-bond acceptors (Lipinski definition) is 3. The molecule has 0 aromatic carbocycles. The zero-order valence-corrected chi connectivity index (χ0v) is 9.62. The Labute approximate surface area is 95.1 Å². The van der Waals surface area contributed by atoms with Crippen LogP contribution in [0.15, 0.2) is 12.1 Å². The number of fused-ring (bicyclic) bond motifs is 1. The highest BCUT2D eigenvalue weighted by atomic mass is 35.5. The molecule has 0 aliphatic heterocycles. The first-order chi connectivity index (χ1) is 6.58. The van der Waals surface area contributed by atoms with E-state index in [9.17, 15) is 5.11 Å². The fourth-order valence-electron chi connectivity index (χ4n) is 1.17. The zero-order valence-electron chi connectivity index (χ0n) is 7.29. The number of halogens is 2. The molecule has 2 nitrogen and oxygen atoms in total. The lowest BCUT2D eigenvalue weighted by Gasteiger charge is -1.95. The molecule has 0 bridgehead atoms. The first-order valence-electron chi connectivity index (χ1n) is 4.01. The summed E-state index contributed by atoms with van der Waals surface area (Å²) in [5.41, 5.74) is 0. The minimum absolute atomic E-state index is 0.376. The van der Waals surface area contributed by atoms with Gasteiger partial charge in [-0.2, -0.15) is 0 Å². The SMILES string of the molecule is CC(O)c1cc2c(Cl)cc(Cl)nc2s1. The van der Waals surface area contributed by atoms with E-state index in [0.29, 0.717) is 10.2 Å². The van der Waals surface area contributed by atoms with Crippen LogP contribution in [0.3, 0.4) is 0 Å². The molecule has 74 valence electrons. The molecule has 0 fully saturated rings. The molecule has 1 N–H and O–H groups in total. The highest BCUT2D eigenvalue weighted by Gasteiger charge is 2.10. The van der Waals surface area contributed by atoms with Crippen molar-refractivity contribution >= 4 is 44.8 Å². The Kier molecular flexibility index (Phi) is 2.66. The summed E-state index contributed by atoms with van der Waals surface area (Å²) in [6, 6.07) is 3.44. The molecule has 0 aliphatic rings. The summed E-state index contributed by atoms with van der Waals surface area (Å²) < 4.78 is 0. The van der Waals surface area contributed by atoms with Crippen LogP contribution in [-0.4, -0.2) is 10.1 Å². The summed E-state index contributed by atoms with van der Waals surface area (Å²) in [6.07, 6.45) is -0.496. The Morgan fingerprint density at radius 3 is 2.79 bits per heavy atom. The molecule has 0 saturated heterocycles. The lowest BCUT2D eigenvalue weighted by Crippen LogP contribution is -1.83. The maximum atomic E-state index is 9.39. The number of aromatic nitrogens is 1. The Balaban J connectivity index is 2.70. The van der Waals surface area contributed by atoms with Crippen molar-refractivity contribution in [2.45, 2.75) is 13.0 Å². The van der Waals surface area contributed by atoms with Gasteiger partial charge < -0.3 is 5.11 Å². The Hall–Kier alpha value is -0.350. The highest BCUT2D eigenvalue weighted by Crippen LogP contribution is 2.34. The molecule has 1 unspecified atom stereocenters. The maximum absolute atomic E-state index is 9.39. The monoisotopic (exact) mass is 247 g/mol. The van der Waals surface area contributed by atoms with Gasteiger partial charge in [0.05, 0.1) is 11.1 Å². The van der Waals surface area contributed by atoms with Crippen molar-refractivity contribution in [1.82, 2.24) is 4.98 Å². The van der Waals surface area contributed by atoms with Crippen molar-refractivity contribution in [3.05, 3.63) is 27.2 Å². The predicted octanol–water partition coefficient (Wildman–Crippen LogP) is 3.66. The van der Waals surface area contributed by atoms with Gasteiger partial charge in [0.25, 0.3) is 0 Å². The van der Waals surface area contributed by atoms with Gasteiger partial charge in [-0.1, -0.05) is 23.2 Å². The Morgan fingerprint density at radius 2 is 2.14 bits per heavy atom. The summed E-state index contributed by atoms with van der Waals surface area (Å²) in [5, 5.41) is 11.2. The van der Waals surface area contributed by atoms with Crippen molar-refractivity contribution in [3.63, 3.8) is 0 Å². The molecule has 5 heteroatoms. The van der Waals surface area contributed by atoms with E-state index in [4.69, 9.17) is 23.2 Å². The minimum atomic E-state index is -0.496. The first-order valence-corrected chi connectivity index (χ1v) is 5.58. The van der Waals surface area contributed by atoms with Crippen LogP contribution in [0.5, 0.6) is 0 Å². The van der Waals surface area contributed by atoms with Crippen molar-refractivity contribution in [3.8, 4) is 0 Å². The molecule has 0 saturated carbocycles. The summed E-state index contributed by atoms with van der Waals surface area (Å²) in [6.45, 7) is 1.71. The number of thiophene rings is 1. The summed E-state index contributed by atoms with van der Waals surface area (Å²) in [7, 11) is 0. The van der Waals surface area contributed by atoms with E-state index >= 15 is 0 Å². The first kappa shape index (κ1) is 10.2. The van der Waals surface area contributed by atoms with E-state index in [1.165, 1.54) is 11.3 Å². The second kappa shape index (κ2) is 3.66. The van der Waals surface area contributed by atoms with E-state index < -0.39 is 6.10 Å². The van der Waals surface area contributed by atoms with Gasteiger partial charge in [0.1, 0.15) is 9.98 Å². The van der Waals surface area contributed by atoms with Gasteiger partial charge in [-0.15, -0.1) is 11.3 Å². The predicted molar refractivity (Wildman–Crippen MR) is 60.3 cm³/mol. The average Bonchev–Trinajstić information content (AvgIpc) is 2.47. The number of hydrogen-bond donors (Lipinski definition) is 1. The van der Waals surface area contributed by atoms with Crippen LogP contribution in [0.2, 0.25) is 10.2 Å². The molecule has 2 aromatic rings. The summed E-state index contributed by atoms with van der Waals surface area (Å²) >= 11 is 13.1. The van der Waals surface area contributed by atoms with Crippen molar-refractivity contribution in [2.75, 3.05) is 0 Å². The van der Waals surface area contributed by atoms with Crippen molar-refractivity contribution < 1.29 is 5.11 Å². The van der Waals surface area contributed by atoms with Crippen LogP contribution in [0.4, 0.5) is 0 Å². The third-order valence-electron chi connectivity index (χ3n) is 1.85. The molecular weight excluding hydrogens is 241 g/mol. The van der Waals surface area contributed by atoms with E-state index in [-0.39, 0.29) is 0 Å². The summed E-state index contributed by atoms with van der Waals surface area (Å²) in [4.78, 5) is 5.73. The van der Waals surface area contributed by atoms with Gasteiger partial charge in [0, 0.05) is 10.3 Å². The van der Waals surface area contributed by atoms with Crippen LogP contribution < -0.4 is 0 Å². The molecule has 0 radical (unpaired) electrons. The standard InChI is InChI=1S/C9H7Cl2NOS/c1-4(13)7-2-5-6(10)3-8(11)12-9(5)14-7/h2-4,13H,1H3. The third-order valence-corrected chi connectivity index (χ3v) is 3.56. The molecule has 2 heterocycles. The normalized spacial score (nSPS) is 13.4. The number of nitrogens with zero attached hydrogens (tertiary/aromatic N) is 1. The number of aliphatic hydroxyl groups is 1. The van der Waals surface area contributed by atoms with Gasteiger partial charge in [-0.05, 0) is 19.1 Å². The number of pyridine rings is 1. The zero-order chi connectivity index (χ0) is 10.3. The fraction of sp³-hybridized carbons (Fsp3) is 0.222. The Morgan fingerprint density at radius 1 is 1.43 bits per heavy atom. The summed E-state index contributed by atoms with van der Waals surface area (Å²) in [5.74, 6) is 0. The lowest BCUT2D eigenvalue weighted by molar-refractivity contribution is 0.203.